The molecule has 2 aliphatic rings. The summed E-state index contributed by atoms with van der Waals surface area (Å²) in [5.41, 5.74) is 3.85. The number of amides is 2. The van der Waals surface area contributed by atoms with Crippen molar-refractivity contribution in [3.63, 3.8) is 0 Å². The van der Waals surface area contributed by atoms with Crippen molar-refractivity contribution in [2.24, 2.45) is 4.99 Å². The zero-order valence-corrected chi connectivity index (χ0v) is 16.8. The summed E-state index contributed by atoms with van der Waals surface area (Å²) in [5, 5.41) is 3.18. The van der Waals surface area contributed by atoms with E-state index < -0.39 is 5.25 Å². The molecule has 5 nitrogen and oxygen atoms in total. The molecule has 28 heavy (non-hydrogen) atoms. The molecule has 1 N–H and O–H groups in total. The second kappa shape index (κ2) is 7.80. The first kappa shape index (κ1) is 18.7. The van der Waals surface area contributed by atoms with Gasteiger partial charge in [-0.1, -0.05) is 41.6 Å². The fourth-order valence-corrected chi connectivity index (χ4v) is 4.40. The number of carbonyl (C=O) groups is 2. The topological polar surface area (TPSA) is 61.8 Å². The van der Waals surface area contributed by atoms with Crippen LogP contribution in [0.15, 0.2) is 53.5 Å². The van der Waals surface area contributed by atoms with Gasteiger partial charge in [-0.3, -0.25) is 14.5 Å². The van der Waals surface area contributed by atoms with Crippen LogP contribution in [-0.4, -0.2) is 33.2 Å². The quantitative estimate of drug-likeness (QED) is 0.818. The third kappa shape index (κ3) is 4.28. The molecule has 0 radical (unpaired) electrons. The summed E-state index contributed by atoms with van der Waals surface area (Å²) in [6.07, 6.45) is 2.15. The molecular weight excluding hydrogens is 370 g/mol. The van der Waals surface area contributed by atoms with Gasteiger partial charge in [0.25, 0.3) is 0 Å². The molecule has 1 unspecified atom stereocenters. The Labute approximate surface area is 169 Å². The van der Waals surface area contributed by atoms with E-state index in [4.69, 9.17) is 4.99 Å². The number of carbonyl (C=O) groups excluding carboxylic acids is 2. The SMILES string of the molecule is Cc1ccc(NC(=O)CC2SC(=Nc3cccc(C)c3)N(C3CC3)C2=O)cc1. The number of benzene rings is 2. The first-order valence-electron chi connectivity index (χ1n) is 9.51. The predicted molar refractivity (Wildman–Crippen MR) is 114 cm³/mol. The van der Waals surface area contributed by atoms with Crippen LogP contribution in [0.1, 0.15) is 30.4 Å². The van der Waals surface area contributed by atoms with Gasteiger partial charge < -0.3 is 5.32 Å². The van der Waals surface area contributed by atoms with E-state index in [1.54, 1.807) is 4.90 Å². The highest BCUT2D eigenvalue weighted by atomic mass is 32.2. The molecule has 144 valence electrons. The number of nitrogens with one attached hydrogen (secondary N) is 1. The number of hydrogen-bond acceptors (Lipinski definition) is 4. The van der Waals surface area contributed by atoms with E-state index in [0.29, 0.717) is 5.17 Å². The van der Waals surface area contributed by atoms with Crippen molar-refractivity contribution in [1.82, 2.24) is 4.90 Å². The first-order chi connectivity index (χ1) is 13.5. The van der Waals surface area contributed by atoms with Gasteiger partial charge in [0, 0.05) is 18.2 Å². The van der Waals surface area contributed by atoms with Gasteiger partial charge in [0.2, 0.25) is 11.8 Å². The van der Waals surface area contributed by atoms with Crippen molar-refractivity contribution in [2.45, 2.75) is 44.4 Å². The van der Waals surface area contributed by atoms with Crippen molar-refractivity contribution in [3.05, 3.63) is 59.7 Å². The molecule has 0 spiro atoms. The normalized spacial score (nSPS) is 20.6. The molecule has 6 heteroatoms. The zero-order valence-electron chi connectivity index (χ0n) is 16.0. The lowest BCUT2D eigenvalue weighted by Crippen LogP contribution is -2.35. The molecule has 2 aromatic carbocycles. The summed E-state index contributed by atoms with van der Waals surface area (Å²) in [7, 11) is 0. The minimum atomic E-state index is -0.422. The van der Waals surface area contributed by atoms with Crippen LogP contribution >= 0.6 is 11.8 Å². The van der Waals surface area contributed by atoms with Crippen molar-refractivity contribution in [2.75, 3.05) is 5.32 Å². The molecular formula is C22H23N3O2S. The van der Waals surface area contributed by atoms with Crippen LogP contribution in [0.2, 0.25) is 0 Å². The summed E-state index contributed by atoms with van der Waals surface area (Å²) in [6, 6.07) is 15.8. The molecule has 1 heterocycles. The largest absolute Gasteiger partial charge is 0.326 e. The molecule has 4 rings (SSSR count). The van der Waals surface area contributed by atoms with Crippen molar-refractivity contribution >= 4 is 40.1 Å². The number of aryl methyl sites for hydroxylation is 2. The molecule has 0 bridgehead atoms. The number of hydrogen-bond donors (Lipinski definition) is 1. The van der Waals surface area contributed by atoms with E-state index >= 15 is 0 Å². The maximum atomic E-state index is 12.9. The van der Waals surface area contributed by atoms with Gasteiger partial charge in [0.1, 0.15) is 5.25 Å². The van der Waals surface area contributed by atoms with E-state index in [0.717, 1.165) is 35.3 Å². The number of thioether (sulfide) groups is 1. The monoisotopic (exact) mass is 393 g/mol. The Morgan fingerprint density at radius 3 is 2.57 bits per heavy atom. The van der Waals surface area contributed by atoms with Crippen LogP contribution < -0.4 is 5.32 Å². The van der Waals surface area contributed by atoms with E-state index in [1.165, 1.54) is 11.8 Å². The van der Waals surface area contributed by atoms with Crippen molar-refractivity contribution in [3.8, 4) is 0 Å². The van der Waals surface area contributed by atoms with Gasteiger partial charge in [-0.25, -0.2) is 4.99 Å². The Morgan fingerprint density at radius 2 is 1.89 bits per heavy atom. The third-order valence-electron chi connectivity index (χ3n) is 4.81. The van der Waals surface area contributed by atoms with Crippen LogP contribution in [0.3, 0.4) is 0 Å². The lowest BCUT2D eigenvalue weighted by atomic mass is 10.2. The molecule has 1 atom stereocenters. The van der Waals surface area contributed by atoms with E-state index in [9.17, 15) is 9.59 Å². The number of rotatable bonds is 5. The molecule has 0 aromatic heterocycles. The third-order valence-corrected chi connectivity index (χ3v) is 5.96. The maximum absolute atomic E-state index is 12.9. The summed E-state index contributed by atoms with van der Waals surface area (Å²) in [4.78, 5) is 31.9. The summed E-state index contributed by atoms with van der Waals surface area (Å²) in [5.74, 6) is -0.153. The number of aliphatic imine (C=N–C) groups is 1. The van der Waals surface area contributed by atoms with Crippen LogP contribution in [0.4, 0.5) is 11.4 Å². The fourth-order valence-electron chi connectivity index (χ4n) is 3.19. The number of anilines is 1. The lowest BCUT2D eigenvalue weighted by molar-refractivity contribution is -0.128. The van der Waals surface area contributed by atoms with Crippen LogP contribution in [0.25, 0.3) is 0 Å². The maximum Gasteiger partial charge on any atom is 0.242 e. The molecule has 1 aliphatic carbocycles. The van der Waals surface area contributed by atoms with Crippen LogP contribution in [0, 0.1) is 13.8 Å². The van der Waals surface area contributed by atoms with Gasteiger partial charge in [-0.2, -0.15) is 0 Å². The molecule has 2 aromatic rings. The van der Waals surface area contributed by atoms with Crippen LogP contribution in [0.5, 0.6) is 0 Å². The fraction of sp³-hybridized carbons (Fsp3) is 0.318. The Balaban J connectivity index is 1.48. The highest BCUT2D eigenvalue weighted by molar-refractivity contribution is 8.15. The van der Waals surface area contributed by atoms with Crippen molar-refractivity contribution < 1.29 is 9.59 Å². The molecule has 2 amide bonds. The van der Waals surface area contributed by atoms with Crippen molar-refractivity contribution in [1.29, 1.82) is 0 Å². The van der Waals surface area contributed by atoms with Gasteiger partial charge in [-0.05, 0) is 56.5 Å². The minimum Gasteiger partial charge on any atom is -0.326 e. The Morgan fingerprint density at radius 1 is 1.14 bits per heavy atom. The van der Waals surface area contributed by atoms with E-state index in [2.05, 4.69) is 5.32 Å². The number of nitrogens with zero attached hydrogens (tertiary/aromatic N) is 2. The molecule has 2 fully saturated rings. The highest BCUT2D eigenvalue weighted by Crippen LogP contribution is 2.39. The van der Waals surface area contributed by atoms with Crippen LogP contribution in [-0.2, 0) is 9.59 Å². The molecule has 1 saturated heterocycles. The lowest BCUT2D eigenvalue weighted by Gasteiger charge is -2.15. The van der Waals surface area contributed by atoms with Gasteiger partial charge in [0.05, 0.1) is 5.69 Å². The Hall–Kier alpha value is -2.60. The van der Waals surface area contributed by atoms with Gasteiger partial charge >= 0.3 is 0 Å². The highest BCUT2D eigenvalue weighted by Gasteiger charge is 2.46. The van der Waals surface area contributed by atoms with Gasteiger partial charge in [0.15, 0.2) is 5.17 Å². The first-order valence-corrected chi connectivity index (χ1v) is 10.4. The smallest absolute Gasteiger partial charge is 0.242 e. The standard InChI is InChI=1S/C22H23N3O2S/c1-14-6-8-16(9-7-14)23-20(26)13-19-21(27)25(18-10-11-18)22(28-19)24-17-5-3-4-15(2)12-17/h3-9,12,18-19H,10-11,13H2,1-2H3,(H,23,26). The average molecular weight is 394 g/mol. The van der Waals surface area contributed by atoms with E-state index in [-0.39, 0.29) is 24.3 Å². The molecule has 1 saturated carbocycles. The second-order valence-corrected chi connectivity index (χ2v) is 8.57. The average Bonchev–Trinajstić information content (AvgIpc) is 3.43. The van der Waals surface area contributed by atoms with Gasteiger partial charge in [-0.15, -0.1) is 0 Å². The predicted octanol–water partition coefficient (Wildman–Crippen LogP) is 4.43. The Bertz CT molecular complexity index is 935. The van der Waals surface area contributed by atoms with E-state index in [1.807, 2.05) is 62.4 Å². The Kier molecular flexibility index (Phi) is 5.22. The molecule has 1 aliphatic heterocycles. The number of amidine groups is 1. The summed E-state index contributed by atoms with van der Waals surface area (Å²) in [6.45, 7) is 4.02. The summed E-state index contributed by atoms with van der Waals surface area (Å²) < 4.78 is 0. The zero-order chi connectivity index (χ0) is 19.7. The minimum absolute atomic E-state index is 0.00189. The summed E-state index contributed by atoms with van der Waals surface area (Å²) >= 11 is 1.40. The second-order valence-electron chi connectivity index (χ2n) is 7.40.